The molecule has 0 radical (unpaired) electrons. The van der Waals surface area contributed by atoms with Gasteiger partial charge in [-0.1, -0.05) is 30.8 Å². The molecule has 2 N–H and O–H groups in total. The summed E-state index contributed by atoms with van der Waals surface area (Å²) >= 11 is 3.37. The van der Waals surface area contributed by atoms with Crippen LogP contribution in [0.3, 0.4) is 0 Å². The highest BCUT2D eigenvalue weighted by Crippen LogP contribution is 2.45. The number of para-hydroxylation sites is 1. The summed E-state index contributed by atoms with van der Waals surface area (Å²) in [5.41, 5.74) is 3.69. The molecule has 1 aliphatic carbocycles. The fraction of sp³-hybridized carbons (Fsp3) is 0.233. The molecule has 0 bridgehead atoms. The van der Waals surface area contributed by atoms with Crippen molar-refractivity contribution in [3.05, 3.63) is 106 Å². The molecule has 0 saturated heterocycles. The zero-order valence-electron chi connectivity index (χ0n) is 21.0. The van der Waals surface area contributed by atoms with Crippen molar-refractivity contribution in [3.63, 3.8) is 0 Å². The number of halogens is 1. The van der Waals surface area contributed by atoms with Crippen LogP contribution < -0.4 is 20.1 Å². The molecule has 2 heterocycles. The first-order chi connectivity index (χ1) is 18.4. The molecule has 7 nitrogen and oxygen atoms in total. The van der Waals surface area contributed by atoms with Crippen LogP contribution in [0.2, 0.25) is 0 Å². The Morgan fingerprint density at radius 1 is 1.16 bits per heavy atom. The Morgan fingerprint density at radius 3 is 2.71 bits per heavy atom. The maximum Gasteiger partial charge on any atom is 0.235 e. The first-order valence-corrected chi connectivity index (χ1v) is 13.2. The molecule has 8 heteroatoms. The summed E-state index contributed by atoms with van der Waals surface area (Å²) in [5, 5.41) is 6.19. The Kier molecular flexibility index (Phi) is 7.60. The van der Waals surface area contributed by atoms with Gasteiger partial charge >= 0.3 is 0 Å². The number of rotatable bonds is 7. The van der Waals surface area contributed by atoms with Crippen LogP contribution in [0.4, 0.5) is 5.82 Å². The summed E-state index contributed by atoms with van der Waals surface area (Å²) in [6, 6.07) is 18.8. The van der Waals surface area contributed by atoms with Gasteiger partial charge in [-0.05, 0) is 70.7 Å². The normalized spacial score (nSPS) is 18.9. The molecule has 3 aromatic rings. The summed E-state index contributed by atoms with van der Waals surface area (Å²) in [7, 11) is 1.61. The number of allylic oxidation sites excluding steroid dienone is 2. The van der Waals surface area contributed by atoms with Gasteiger partial charge in [-0.2, -0.15) is 0 Å². The molecule has 194 valence electrons. The number of benzene rings is 2. The Morgan fingerprint density at radius 2 is 1.97 bits per heavy atom. The van der Waals surface area contributed by atoms with Crippen LogP contribution in [0.25, 0.3) is 0 Å². The Balaban J connectivity index is 1.53. The van der Waals surface area contributed by atoms with Gasteiger partial charge < -0.3 is 20.1 Å². The standard InChI is InChI=1S/C30H28BrN3O4/c1-18-27(30(36)34-26-14-12-21(31)16-32-26)28(29-23(33-18)9-6-10-24(29)35)19-11-13-25(37-2)20(15-19)17-38-22-7-4-3-5-8-22/h3-5,7-8,11-16,27-28,33H,1,6,9-10,17H2,2H3,(H,32,34,36). The molecule has 2 aliphatic rings. The van der Waals surface area contributed by atoms with Gasteiger partial charge in [0.05, 0.1) is 13.0 Å². The number of ketones is 1. The molecule has 38 heavy (non-hydrogen) atoms. The van der Waals surface area contributed by atoms with E-state index in [0.717, 1.165) is 39.9 Å². The van der Waals surface area contributed by atoms with E-state index in [4.69, 9.17) is 9.47 Å². The average Bonchev–Trinajstić information content (AvgIpc) is 2.93. The molecular weight excluding hydrogens is 546 g/mol. The second-order valence-electron chi connectivity index (χ2n) is 9.30. The predicted molar refractivity (Wildman–Crippen MR) is 149 cm³/mol. The van der Waals surface area contributed by atoms with Crippen LogP contribution >= 0.6 is 15.9 Å². The molecular formula is C30H28BrN3O4. The zero-order chi connectivity index (χ0) is 26.6. The number of hydrogen-bond acceptors (Lipinski definition) is 6. The lowest BCUT2D eigenvalue weighted by Crippen LogP contribution is -2.42. The van der Waals surface area contributed by atoms with Gasteiger partial charge in [0.15, 0.2) is 5.78 Å². The number of nitrogens with one attached hydrogen (secondary N) is 2. The first kappa shape index (κ1) is 25.7. The SMILES string of the molecule is C=C1NC2=C(C(=O)CCC2)C(c2ccc(OC)c(COc3ccccc3)c2)C1C(=O)Nc1ccc(Br)cn1. The number of methoxy groups -OCH3 is 1. The van der Waals surface area contributed by atoms with Crippen molar-refractivity contribution in [1.82, 2.24) is 10.3 Å². The molecule has 0 spiro atoms. The van der Waals surface area contributed by atoms with Gasteiger partial charge in [0, 0.05) is 45.5 Å². The van der Waals surface area contributed by atoms with Crippen molar-refractivity contribution >= 4 is 33.4 Å². The monoisotopic (exact) mass is 573 g/mol. The maximum absolute atomic E-state index is 13.7. The lowest BCUT2D eigenvalue weighted by Gasteiger charge is -2.38. The van der Waals surface area contributed by atoms with Crippen molar-refractivity contribution in [2.45, 2.75) is 31.8 Å². The Labute approximate surface area is 230 Å². The topological polar surface area (TPSA) is 89.5 Å². The zero-order valence-corrected chi connectivity index (χ0v) is 22.6. The van der Waals surface area contributed by atoms with Crippen LogP contribution in [-0.2, 0) is 16.2 Å². The molecule has 2 atom stereocenters. The Hall–Kier alpha value is -3.91. The van der Waals surface area contributed by atoms with Crippen molar-refractivity contribution in [1.29, 1.82) is 0 Å². The van der Waals surface area contributed by atoms with E-state index in [9.17, 15) is 9.59 Å². The first-order valence-electron chi connectivity index (χ1n) is 12.4. The van der Waals surface area contributed by atoms with Crippen molar-refractivity contribution in [3.8, 4) is 11.5 Å². The van der Waals surface area contributed by atoms with Crippen LogP contribution in [0.1, 0.15) is 36.3 Å². The van der Waals surface area contributed by atoms with E-state index >= 15 is 0 Å². The summed E-state index contributed by atoms with van der Waals surface area (Å²) in [5.74, 6) is 0.356. The molecule has 0 fully saturated rings. The molecule has 0 saturated carbocycles. The minimum absolute atomic E-state index is 0.0497. The highest BCUT2D eigenvalue weighted by Gasteiger charge is 2.43. The van der Waals surface area contributed by atoms with E-state index in [1.807, 2.05) is 54.6 Å². The molecule has 1 amide bonds. The van der Waals surface area contributed by atoms with E-state index in [-0.39, 0.29) is 18.3 Å². The number of ether oxygens (including phenoxy) is 2. The second-order valence-corrected chi connectivity index (χ2v) is 10.2. The van der Waals surface area contributed by atoms with E-state index < -0.39 is 11.8 Å². The number of pyridine rings is 1. The number of amides is 1. The van der Waals surface area contributed by atoms with Gasteiger partial charge in [-0.25, -0.2) is 4.98 Å². The second kappa shape index (κ2) is 11.2. The van der Waals surface area contributed by atoms with Gasteiger partial charge in [0.2, 0.25) is 5.91 Å². The third-order valence-corrected chi connectivity index (χ3v) is 7.32. The number of nitrogens with zero attached hydrogens (tertiary/aromatic N) is 1. The van der Waals surface area contributed by atoms with Crippen LogP contribution in [-0.4, -0.2) is 23.8 Å². The predicted octanol–water partition coefficient (Wildman–Crippen LogP) is 5.89. The lowest BCUT2D eigenvalue weighted by atomic mass is 9.71. The summed E-state index contributed by atoms with van der Waals surface area (Å²) in [4.78, 5) is 31.3. The molecule has 1 aliphatic heterocycles. The van der Waals surface area contributed by atoms with Crippen molar-refractivity contribution < 1.29 is 19.1 Å². The van der Waals surface area contributed by atoms with Gasteiger partial charge in [0.25, 0.3) is 0 Å². The highest BCUT2D eigenvalue weighted by molar-refractivity contribution is 9.10. The number of Topliss-reactive ketones (excluding diaryl/α,β-unsaturated/α-hetero) is 1. The number of carbonyl (C=O) groups excluding carboxylic acids is 2. The number of carbonyl (C=O) groups is 2. The summed E-state index contributed by atoms with van der Waals surface area (Å²) < 4.78 is 12.4. The smallest absolute Gasteiger partial charge is 0.235 e. The van der Waals surface area contributed by atoms with Crippen LogP contribution in [0, 0.1) is 5.92 Å². The fourth-order valence-corrected chi connectivity index (χ4v) is 5.33. The van der Waals surface area contributed by atoms with Crippen molar-refractivity contribution in [2.75, 3.05) is 12.4 Å². The minimum atomic E-state index is -0.725. The minimum Gasteiger partial charge on any atom is -0.496 e. The van der Waals surface area contributed by atoms with Gasteiger partial charge in [0.1, 0.15) is 23.9 Å². The number of anilines is 1. The van der Waals surface area contributed by atoms with E-state index in [0.29, 0.717) is 29.3 Å². The third kappa shape index (κ3) is 5.36. The number of hydrogen-bond donors (Lipinski definition) is 2. The largest absolute Gasteiger partial charge is 0.496 e. The quantitative estimate of drug-likeness (QED) is 0.366. The van der Waals surface area contributed by atoms with Gasteiger partial charge in [-0.3, -0.25) is 9.59 Å². The summed E-state index contributed by atoms with van der Waals surface area (Å²) in [6.07, 6.45) is 3.57. The van der Waals surface area contributed by atoms with E-state index in [1.165, 1.54) is 0 Å². The number of aromatic nitrogens is 1. The van der Waals surface area contributed by atoms with E-state index in [1.54, 1.807) is 19.4 Å². The van der Waals surface area contributed by atoms with Gasteiger partial charge in [-0.15, -0.1) is 0 Å². The molecule has 1 aromatic heterocycles. The Bertz CT molecular complexity index is 1400. The third-order valence-electron chi connectivity index (χ3n) is 6.85. The highest BCUT2D eigenvalue weighted by atomic mass is 79.9. The maximum atomic E-state index is 13.7. The van der Waals surface area contributed by atoms with E-state index in [2.05, 4.69) is 38.1 Å². The lowest BCUT2D eigenvalue weighted by molar-refractivity contribution is -0.120. The van der Waals surface area contributed by atoms with Crippen molar-refractivity contribution in [2.24, 2.45) is 5.92 Å². The fourth-order valence-electron chi connectivity index (χ4n) is 5.10. The molecule has 5 rings (SSSR count). The molecule has 2 unspecified atom stereocenters. The summed E-state index contributed by atoms with van der Waals surface area (Å²) in [6.45, 7) is 4.47. The van der Waals surface area contributed by atoms with Crippen LogP contribution in [0.15, 0.2) is 94.9 Å². The average molecular weight is 574 g/mol. The van der Waals surface area contributed by atoms with Crippen LogP contribution in [0.5, 0.6) is 11.5 Å². The molecule has 2 aromatic carbocycles.